The maximum atomic E-state index is 4.82. The Bertz CT molecular complexity index is 290. The molecule has 0 N–H and O–H groups in total. The minimum Gasteiger partial charge on any atom is -0.572 e. The third-order valence-electron chi connectivity index (χ3n) is 1.08. The number of pyridine rings is 1. The van der Waals surface area contributed by atoms with Gasteiger partial charge in [-0.15, -0.1) is 0 Å². The van der Waals surface area contributed by atoms with E-state index in [2.05, 4.69) is 16.4 Å². The van der Waals surface area contributed by atoms with Gasteiger partial charge in [0.25, 0.3) is 0 Å². The number of oxazole rings is 1. The van der Waals surface area contributed by atoms with E-state index < -0.39 is 0 Å². The number of rotatable bonds is 0. The average molecular weight is 126 g/mol. The second-order valence-corrected chi connectivity index (χ2v) is 1.65. The molecule has 0 unspecified atom stereocenters. The molecule has 2 rings (SSSR count). The van der Waals surface area contributed by atoms with Gasteiger partial charge in [0.2, 0.25) is 0 Å². The summed E-state index contributed by atoms with van der Waals surface area (Å²) in [6.07, 6.45) is 5.65. The van der Waals surface area contributed by atoms with Crippen LogP contribution in [-0.2, 0) is 0 Å². The Hall–Kier alpha value is -0.783. The molecule has 0 saturated carbocycles. The number of hydrogen-bond acceptors (Lipinski definition) is 3. The van der Waals surface area contributed by atoms with Crippen molar-refractivity contribution in [2.24, 2.45) is 0 Å². The molecule has 2 heterocycles. The molecule has 0 fully saturated rings. The summed E-state index contributed by atoms with van der Waals surface area (Å²) in [6, 6.07) is 1.77. The van der Waals surface area contributed by atoms with Crippen molar-refractivity contribution < 1.29 is 23.3 Å². The first-order chi connectivity index (χ1) is 4.47. The van der Waals surface area contributed by atoms with Crippen LogP contribution in [0.3, 0.4) is 0 Å². The summed E-state index contributed by atoms with van der Waals surface area (Å²) in [5.41, 5.74) is 1.47. The number of fused-ring (bicyclic) bond motifs is 1. The molecule has 0 atom stereocenters. The van der Waals surface area contributed by atoms with Crippen molar-refractivity contribution in [1.29, 1.82) is 0 Å². The molecule has 0 aliphatic rings. The second kappa shape index (κ2) is 2.87. The van der Waals surface area contributed by atoms with Crippen molar-refractivity contribution in [2.75, 3.05) is 0 Å². The van der Waals surface area contributed by atoms with Crippen LogP contribution >= 0.6 is 0 Å². The minimum atomic E-state index is 0. The van der Waals surface area contributed by atoms with E-state index in [0.717, 1.165) is 5.52 Å². The van der Waals surface area contributed by atoms with Crippen LogP contribution in [0.25, 0.3) is 11.1 Å². The Morgan fingerprint density at radius 2 is 2.40 bits per heavy atom. The van der Waals surface area contributed by atoms with Crippen LogP contribution in [0, 0.1) is 6.39 Å². The van der Waals surface area contributed by atoms with E-state index >= 15 is 0 Å². The molecular weight excluding hydrogens is 123 g/mol. The molecule has 2 aromatic rings. The monoisotopic (exact) mass is 126 g/mol. The second-order valence-electron chi connectivity index (χ2n) is 1.65. The molecule has 0 radical (unpaired) electrons. The summed E-state index contributed by atoms with van der Waals surface area (Å²) in [5, 5.41) is 0. The van der Waals surface area contributed by atoms with Crippen LogP contribution in [0.4, 0.5) is 0 Å². The van der Waals surface area contributed by atoms with Crippen LogP contribution in [0.2, 0.25) is 0 Å². The van der Waals surface area contributed by atoms with Gasteiger partial charge < -0.3 is 9.40 Å². The summed E-state index contributed by atoms with van der Waals surface area (Å²) >= 11 is 0. The molecule has 0 aliphatic heterocycles. The van der Waals surface area contributed by atoms with Crippen molar-refractivity contribution in [3.05, 3.63) is 24.9 Å². The Labute approximate surface area is 69.6 Å². The zero-order valence-electron chi connectivity index (χ0n) is 5.53. The van der Waals surface area contributed by atoms with E-state index in [-0.39, 0.29) is 18.9 Å². The summed E-state index contributed by atoms with van der Waals surface area (Å²) < 4.78 is 4.82. The van der Waals surface area contributed by atoms with Crippen molar-refractivity contribution >= 4 is 11.1 Å². The maximum absolute atomic E-state index is 4.82. The molecule has 3 nitrogen and oxygen atoms in total. The topological polar surface area (TPSA) is 38.9 Å². The number of nitrogens with zero attached hydrogens (tertiary/aromatic N) is 2. The van der Waals surface area contributed by atoms with E-state index in [1.54, 1.807) is 18.5 Å². The fraction of sp³-hybridized carbons (Fsp3) is 0. The number of hydrogen-bond donors (Lipinski definition) is 0. The SMILES string of the molecule is [Li+].[c-]1nc2ccncc2o1. The largest absolute Gasteiger partial charge is 1.00 e. The van der Waals surface area contributed by atoms with Crippen molar-refractivity contribution in [2.45, 2.75) is 0 Å². The normalized spacial score (nSPS) is 9.20. The first-order valence-corrected chi connectivity index (χ1v) is 2.53. The van der Waals surface area contributed by atoms with Crippen molar-refractivity contribution in [3.8, 4) is 0 Å². The van der Waals surface area contributed by atoms with E-state index in [1.165, 1.54) is 0 Å². The smallest absolute Gasteiger partial charge is 0.572 e. The standard InChI is InChI=1S/C6H3N2O.Li/c1-2-7-3-6-5(1)8-4-9-6;/h1-3H;/q-1;+1. The predicted octanol–water partition coefficient (Wildman–Crippen LogP) is -1.97. The Balaban J connectivity index is 0.000000500. The van der Waals surface area contributed by atoms with Crippen molar-refractivity contribution in [1.82, 2.24) is 9.97 Å². The van der Waals surface area contributed by atoms with Gasteiger partial charge in [-0.3, -0.25) is 4.98 Å². The molecule has 10 heavy (non-hydrogen) atoms. The summed E-state index contributed by atoms with van der Waals surface area (Å²) in [6.45, 7) is 0. The average Bonchev–Trinajstić information content (AvgIpc) is 2.33. The van der Waals surface area contributed by atoms with Crippen LogP contribution in [0.15, 0.2) is 22.9 Å². The van der Waals surface area contributed by atoms with Gasteiger partial charge >= 0.3 is 18.9 Å². The summed E-state index contributed by atoms with van der Waals surface area (Å²) in [4.78, 5) is 7.62. The van der Waals surface area contributed by atoms with E-state index in [0.29, 0.717) is 5.58 Å². The van der Waals surface area contributed by atoms with E-state index in [9.17, 15) is 0 Å². The van der Waals surface area contributed by atoms with Crippen LogP contribution < -0.4 is 18.9 Å². The zero-order chi connectivity index (χ0) is 6.10. The minimum absolute atomic E-state index is 0. The zero-order valence-corrected chi connectivity index (χ0v) is 5.53. The van der Waals surface area contributed by atoms with Gasteiger partial charge in [-0.05, 0) is 5.52 Å². The molecule has 0 saturated heterocycles. The fourth-order valence-electron chi connectivity index (χ4n) is 0.665. The molecule has 44 valence electrons. The molecular formula is C6H3LiN2O. The van der Waals surface area contributed by atoms with Gasteiger partial charge in [0.1, 0.15) is 6.39 Å². The quantitative estimate of drug-likeness (QED) is 0.303. The molecule has 0 aliphatic carbocycles. The van der Waals surface area contributed by atoms with Gasteiger partial charge in [0.15, 0.2) is 0 Å². The van der Waals surface area contributed by atoms with Gasteiger partial charge in [0.05, 0.1) is 0 Å². The molecule has 0 amide bonds. The van der Waals surface area contributed by atoms with Gasteiger partial charge in [0, 0.05) is 18.0 Å². The first kappa shape index (κ1) is 7.33. The van der Waals surface area contributed by atoms with Gasteiger partial charge in [-0.2, -0.15) is 0 Å². The number of aromatic nitrogens is 2. The third kappa shape index (κ3) is 1.06. The fourth-order valence-corrected chi connectivity index (χ4v) is 0.665. The van der Waals surface area contributed by atoms with Gasteiger partial charge in [-0.25, -0.2) is 0 Å². The Morgan fingerprint density at radius 3 is 3.20 bits per heavy atom. The van der Waals surface area contributed by atoms with E-state index in [1.807, 2.05) is 0 Å². The van der Waals surface area contributed by atoms with Crippen molar-refractivity contribution in [3.63, 3.8) is 0 Å². The van der Waals surface area contributed by atoms with Crippen LogP contribution in [-0.4, -0.2) is 9.97 Å². The summed E-state index contributed by atoms with van der Waals surface area (Å²) in [7, 11) is 0. The van der Waals surface area contributed by atoms with Crippen LogP contribution in [0.5, 0.6) is 0 Å². The molecule has 4 heteroatoms. The Kier molecular flexibility index (Phi) is 2.10. The molecule has 0 spiro atoms. The Morgan fingerprint density at radius 1 is 1.50 bits per heavy atom. The van der Waals surface area contributed by atoms with Crippen LogP contribution in [0.1, 0.15) is 0 Å². The molecule has 2 aromatic heterocycles. The molecule has 0 bridgehead atoms. The van der Waals surface area contributed by atoms with E-state index in [4.69, 9.17) is 4.42 Å². The summed E-state index contributed by atoms with van der Waals surface area (Å²) in [5.74, 6) is 0. The third-order valence-corrected chi connectivity index (χ3v) is 1.08. The van der Waals surface area contributed by atoms with Gasteiger partial charge in [-0.1, -0.05) is 6.07 Å². The maximum Gasteiger partial charge on any atom is 1.00 e. The molecule has 0 aromatic carbocycles. The first-order valence-electron chi connectivity index (χ1n) is 2.53. The predicted molar refractivity (Wildman–Crippen MR) is 30.6 cm³/mol.